The summed E-state index contributed by atoms with van der Waals surface area (Å²) in [5, 5.41) is 10.9. The highest BCUT2D eigenvalue weighted by molar-refractivity contribution is 5.59. The van der Waals surface area contributed by atoms with Crippen molar-refractivity contribution in [2.75, 3.05) is 56.6 Å². The highest BCUT2D eigenvalue weighted by Gasteiger charge is 2.47. The van der Waals surface area contributed by atoms with Gasteiger partial charge in [0.25, 0.3) is 0 Å². The molecule has 3 saturated heterocycles. The van der Waals surface area contributed by atoms with Crippen LogP contribution in [-0.4, -0.2) is 77.1 Å². The highest BCUT2D eigenvalue weighted by Crippen LogP contribution is 2.45. The second-order valence-electron chi connectivity index (χ2n) is 12.7. The number of anilines is 2. The van der Waals surface area contributed by atoms with E-state index < -0.39 is 46.1 Å². The lowest BCUT2D eigenvalue weighted by Crippen LogP contribution is -2.44. The van der Waals surface area contributed by atoms with Gasteiger partial charge in [-0.2, -0.15) is 23.1 Å². The first-order valence-corrected chi connectivity index (χ1v) is 15.0. The maximum atomic E-state index is 15.5. The second-order valence-corrected chi connectivity index (χ2v) is 12.7. The van der Waals surface area contributed by atoms with E-state index in [4.69, 9.17) is 24.9 Å². The fourth-order valence-corrected chi connectivity index (χ4v) is 7.11. The topological polar surface area (TPSA) is 106 Å². The van der Waals surface area contributed by atoms with Crippen LogP contribution in [-0.2, 0) is 28.7 Å². The number of aromatic nitrogens is 2. The number of hydrogen-bond donors (Lipinski definition) is 2. The van der Waals surface area contributed by atoms with Crippen LogP contribution < -0.4 is 15.4 Å². The summed E-state index contributed by atoms with van der Waals surface area (Å²) in [5.74, 6) is 4.10. The summed E-state index contributed by atoms with van der Waals surface area (Å²) in [6, 6.07) is 0.951. The number of rotatable bonds is 5. The van der Waals surface area contributed by atoms with Gasteiger partial charge in [0.15, 0.2) is 5.82 Å². The summed E-state index contributed by atoms with van der Waals surface area (Å²) in [6.07, 6.45) is -3.71. The zero-order valence-electron chi connectivity index (χ0n) is 25.4. The molecular weight excluding hydrogens is 594 g/mol. The average Bonchev–Trinajstić information content (AvgIpc) is 3.42. The van der Waals surface area contributed by atoms with Crippen LogP contribution in [0.25, 0.3) is 0 Å². The maximum Gasteiger partial charge on any atom is 0.418 e. The number of nitrogen functional groups attached to an aromatic ring is 1. The minimum Gasteiger partial charge on any atom is -0.461 e. The predicted molar refractivity (Wildman–Crippen MR) is 158 cm³/mol. The second kappa shape index (κ2) is 11.7. The molecule has 1 unspecified atom stereocenters. The third kappa shape index (κ3) is 6.08. The Morgan fingerprint density at radius 3 is 2.84 bits per heavy atom. The Labute approximate surface area is 259 Å². The van der Waals surface area contributed by atoms with Crippen molar-refractivity contribution in [1.82, 2.24) is 14.9 Å². The number of benzene rings is 1. The van der Waals surface area contributed by atoms with Gasteiger partial charge in [0, 0.05) is 36.2 Å². The third-order valence-corrected chi connectivity index (χ3v) is 9.01. The van der Waals surface area contributed by atoms with Gasteiger partial charge >= 0.3 is 12.2 Å². The fraction of sp³-hybridized carbons (Fsp3) is 0.562. The van der Waals surface area contributed by atoms with E-state index in [-0.39, 0.29) is 37.7 Å². The molecule has 0 radical (unpaired) electrons. The van der Waals surface area contributed by atoms with Gasteiger partial charge in [0.1, 0.15) is 18.0 Å². The lowest BCUT2D eigenvalue weighted by atomic mass is 9.90. The summed E-state index contributed by atoms with van der Waals surface area (Å²) >= 11 is 0. The molecule has 0 bridgehead atoms. The van der Waals surface area contributed by atoms with E-state index in [0.29, 0.717) is 36.8 Å². The molecule has 242 valence electrons. The van der Waals surface area contributed by atoms with Gasteiger partial charge in [-0.3, -0.25) is 4.90 Å². The lowest BCUT2D eigenvalue weighted by molar-refractivity contribution is -0.140. The van der Waals surface area contributed by atoms with Crippen molar-refractivity contribution < 1.29 is 36.9 Å². The van der Waals surface area contributed by atoms with Gasteiger partial charge in [-0.1, -0.05) is 18.1 Å². The molecule has 3 N–H and O–H groups in total. The SMILES string of the molecule is C=C1CN2CCC[C@@]2(COc2nc3c(c(N4CCOCC(C)(O)C4)n2)CO[C@@H](c2c(F)c(N)cc(C#CC)c2C(F)(F)F)C3)C1. The number of alkyl halides is 3. The number of nitrogens with two attached hydrogens (primary N) is 1. The summed E-state index contributed by atoms with van der Waals surface area (Å²) < 4.78 is 76.7. The minimum atomic E-state index is -4.92. The number of β-amino-alcohol motifs (C(OH)–C–C–N with tert-alkyl or cyclic N) is 1. The fourth-order valence-electron chi connectivity index (χ4n) is 7.11. The summed E-state index contributed by atoms with van der Waals surface area (Å²) in [5.41, 5.74) is 3.65. The molecule has 1 aromatic heterocycles. The first-order chi connectivity index (χ1) is 21.3. The van der Waals surface area contributed by atoms with Crippen LogP contribution in [0.2, 0.25) is 0 Å². The van der Waals surface area contributed by atoms with E-state index in [2.05, 4.69) is 28.3 Å². The number of hydrogen-bond acceptors (Lipinski definition) is 9. The number of halogens is 4. The molecule has 6 rings (SSSR count). The maximum absolute atomic E-state index is 15.5. The Hall–Kier alpha value is -3.44. The summed E-state index contributed by atoms with van der Waals surface area (Å²) in [4.78, 5) is 13.6. The molecule has 9 nitrogen and oxygen atoms in total. The van der Waals surface area contributed by atoms with Crippen LogP contribution in [0.4, 0.5) is 29.1 Å². The zero-order chi connectivity index (χ0) is 32.1. The minimum absolute atomic E-state index is 0.0505. The molecule has 0 aliphatic carbocycles. The molecule has 13 heteroatoms. The number of aliphatic hydroxyl groups is 1. The number of nitrogens with zero attached hydrogens (tertiary/aromatic N) is 4. The molecule has 45 heavy (non-hydrogen) atoms. The molecule has 4 aliphatic rings. The zero-order valence-corrected chi connectivity index (χ0v) is 25.4. The number of ether oxygens (including phenoxy) is 3. The Morgan fingerprint density at radius 2 is 2.09 bits per heavy atom. The van der Waals surface area contributed by atoms with Crippen molar-refractivity contribution in [3.05, 3.63) is 52.0 Å². The van der Waals surface area contributed by atoms with Crippen molar-refractivity contribution in [3.8, 4) is 17.9 Å². The molecule has 2 aromatic rings. The molecule has 4 aliphatic heterocycles. The van der Waals surface area contributed by atoms with E-state index in [1.165, 1.54) is 6.92 Å². The summed E-state index contributed by atoms with van der Waals surface area (Å²) in [7, 11) is 0. The Balaban J connectivity index is 1.41. The molecule has 0 spiro atoms. The van der Waals surface area contributed by atoms with Crippen molar-refractivity contribution in [1.29, 1.82) is 0 Å². The average molecular weight is 632 g/mol. The predicted octanol–water partition coefficient (Wildman–Crippen LogP) is 4.16. The van der Waals surface area contributed by atoms with Crippen LogP contribution in [0.3, 0.4) is 0 Å². The largest absolute Gasteiger partial charge is 0.461 e. The lowest BCUT2D eigenvalue weighted by Gasteiger charge is -2.34. The van der Waals surface area contributed by atoms with Crippen LogP contribution in [0.1, 0.15) is 67.2 Å². The van der Waals surface area contributed by atoms with Gasteiger partial charge < -0.3 is 30.0 Å². The quantitative estimate of drug-likeness (QED) is 0.218. The van der Waals surface area contributed by atoms with Crippen LogP contribution in [0, 0.1) is 17.7 Å². The molecule has 3 fully saturated rings. The standard InChI is InChI=1S/C32H37F4N5O4/c1-4-6-20-11-22(37)27(33)25(26(20)32(34,35)36)24-12-23-21(15-44-24)28(40-9-10-43-17-30(3,42)16-40)39-29(38-23)45-18-31-7-5-8-41(31)14-19(2)13-31/h11,24,42H,2,5,7-10,12-18,37H2,1,3H3/t24-,30?,31+/m1/s1. The Bertz CT molecular complexity index is 1570. The van der Waals surface area contributed by atoms with Gasteiger partial charge in [0.05, 0.1) is 55.0 Å². The molecular formula is C32H37F4N5O4. The molecule has 1 aromatic carbocycles. The molecule has 5 heterocycles. The van der Waals surface area contributed by atoms with Crippen molar-refractivity contribution in [3.63, 3.8) is 0 Å². The van der Waals surface area contributed by atoms with Crippen LogP contribution in [0.5, 0.6) is 6.01 Å². The van der Waals surface area contributed by atoms with E-state index in [1.54, 1.807) is 6.92 Å². The van der Waals surface area contributed by atoms with Gasteiger partial charge in [-0.15, -0.1) is 5.92 Å². The van der Waals surface area contributed by atoms with Crippen LogP contribution >= 0.6 is 0 Å². The third-order valence-electron chi connectivity index (χ3n) is 9.01. The van der Waals surface area contributed by atoms with E-state index in [9.17, 15) is 18.3 Å². The van der Waals surface area contributed by atoms with Crippen LogP contribution in [0.15, 0.2) is 18.2 Å². The highest BCUT2D eigenvalue weighted by atomic mass is 19.4. The van der Waals surface area contributed by atoms with E-state index in [0.717, 1.165) is 44.0 Å². The Morgan fingerprint density at radius 1 is 1.29 bits per heavy atom. The normalized spacial score (nSPS) is 27.0. The van der Waals surface area contributed by atoms with Gasteiger partial charge in [-0.05, 0) is 45.7 Å². The number of fused-ring (bicyclic) bond motifs is 2. The Kier molecular flexibility index (Phi) is 8.22. The monoisotopic (exact) mass is 631 g/mol. The van der Waals surface area contributed by atoms with Gasteiger partial charge in [-0.25, -0.2) is 4.39 Å². The molecule has 0 saturated carbocycles. The molecule has 0 amide bonds. The molecule has 3 atom stereocenters. The first kappa shape index (κ1) is 31.5. The smallest absolute Gasteiger partial charge is 0.418 e. The van der Waals surface area contributed by atoms with E-state index in [1.807, 2.05) is 4.90 Å². The summed E-state index contributed by atoms with van der Waals surface area (Å²) in [6.45, 7) is 10.1. The first-order valence-electron chi connectivity index (χ1n) is 15.0. The van der Waals surface area contributed by atoms with Gasteiger partial charge in [0.2, 0.25) is 0 Å². The van der Waals surface area contributed by atoms with Crippen molar-refractivity contribution in [2.45, 2.75) is 69.6 Å². The van der Waals surface area contributed by atoms with Crippen molar-refractivity contribution in [2.24, 2.45) is 0 Å². The van der Waals surface area contributed by atoms with Crippen molar-refractivity contribution >= 4 is 11.5 Å². The van der Waals surface area contributed by atoms with E-state index >= 15 is 4.39 Å².